The number of benzene rings is 1. The number of carbonyl (C=O) groups is 2. The lowest BCUT2D eigenvalue weighted by atomic mass is 10.1. The molecule has 0 heterocycles. The maximum Gasteiger partial charge on any atom is 0.328 e. The van der Waals surface area contributed by atoms with Crippen LogP contribution in [0.1, 0.15) is 18.9 Å². The van der Waals surface area contributed by atoms with Gasteiger partial charge in [-0.05, 0) is 25.3 Å². The quantitative estimate of drug-likeness (QED) is 0.753. The minimum Gasteiger partial charge on any atom is -0.478 e. The molecule has 1 unspecified atom stereocenters. The molecule has 0 saturated heterocycles. The van der Waals surface area contributed by atoms with Gasteiger partial charge in [0.25, 0.3) is 0 Å². The second-order valence-corrected chi connectivity index (χ2v) is 4.11. The van der Waals surface area contributed by atoms with Crippen molar-refractivity contribution in [2.45, 2.75) is 25.8 Å². The van der Waals surface area contributed by atoms with Crippen LogP contribution in [0.15, 0.2) is 42.5 Å². The van der Waals surface area contributed by atoms with Crippen molar-refractivity contribution in [1.82, 2.24) is 5.32 Å². The third kappa shape index (κ3) is 5.84. The van der Waals surface area contributed by atoms with Gasteiger partial charge in [-0.15, -0.1) is 0 Å². The summed E-state index contributed by atoms with van der Waals surface area (Å²) in [5.41, 5.74) is 1.22. The molecule has 1 aromatic carbocycles. The number of amides is 1. The molecule has 0 bridgehead atoms. The Bertz CT molecular complexity index is 426. The van der Waals surface area contributed by atoms with Crippen molar-refractivity contribution in [3.05, 3.63) is 48.0 Å². The number of aliphatic carboxylic acids is 1. The summed E-state index contributed by atoms with van der Waals surface area (Å²) in [6, 6.07) is 10.0. The fraction of sp³-hybridized carbons (Fsp3) is 0.286. The fourth-order valence-electron chi connectivity index (χ4n) is 1.54. The van der Waals surface area contributed by atoms with Crippen molar-refractivity contribution < 1.29 is 14.7 Å². The zero-order valence-electron chi connectivity index (χ0n) is 10.3. The number of aryl methyl sites for hydroxylation is 1. The normalized spacial score (nSPS) is 12.3. The molecular weight excluding hydrogens is 230 g/mol. The highest BCUT2D eigenvalue weighted by Gasteiger charge is 2.05. The van der Waals surface area contributed by atoms with Gasteiger partial charge in [0.15, 0.2) is 0 Å². The van der Waals surface area contributed by atoms with Crippen LogP contribution in [0.5, 0.6) is 0 Å². The van der Waals surface area contributed by atoms with E-state index in [0.29, 0.717) is 0 Å². The number of hydrogen-bond donors (Lipinski definition) is 2. The van der Waals surface area contributed by atoms with E-state index in [0.717, 1.165) is 25.0 Å². The number of carboxylic acids is 1. The van der Waals surface area contributed by atoms with Crippen molar-refractivity contribution in [3.63, 3.8) is 0 Å². The van der Waals surface area contributed by atoms with Crippen LogP contribution in [0.25, 0.3) is 0 Å². The number of nitrogens with one attached hydrogen (secondary N) is 1. The van der Waals surface area contributed by atoms with Crippen molar-refractivity contribution in [2.24, 2.45) is 0 Å². The minimum absolute atomic E-state index is 0.0103. The first-order valence-corrected chi connectivity index (χ1v) is 5.83. The Morgan fingerprint density at radius 1 is 1.28 bits per heavy atom. The lowest BCUT2D eigenvalue weighted by Crippen LogP contribution is -2.31. The number of carbonyl (C=O) groups excluding carboxylic acids is 1. The van der Waals surface area contributed by atoms with E-state index in [9.17, 15) is 9.59 Å². The third-order valence-corrected chi connectivity index (χ3v) is 2.47. The number of rotatable bonds is 6. The summed E-state index contributed by atoms with van der Waals surface area (Å²) < 4.78 is 0. The predicted octanol–water partition coefficient (Wildman–Crippen LogP) is 1.76. The average molecular weight is 247 g/mol. The molecule has 1 rings (SSSR count). The Kier molecular flexibility index (Phi) is 5.64. The molecule has 0 radical (unpaired) electrons. The van der Waals surface area contributed by atoms with Gasteiger partial charge in [-0.1, -0.05) is 30.3 Å². The summed E-state index contributed by atoms with van der Waals surface area (Å²) in [5, 5.41) is 11.1. The van der Waals surface area contributed by atoms with Crippen molar-refractivity contribution in [2.75, 3.05) is 0 Å². The van der Waals surface area contributed by atoms with E-state index in [1.807, 2.05) is 37.3 Å². The maximum absolute atomic E-state index is 11.3. The van der Waals surface area contributed by atoms with Gasteiger partial charge in [-0.2, -0.15) is 0 Å². The summed E-state index contributed by atoms with van der Waals surface area (Å²) in [4.78, 5) is 21.5. The average Bonchev–Trinajstić information content (AvgIpc) is 2.35. The summed E-state index contributed by atoms with van der Waals surface area (Å²) in [6.45, 7) is 1.90. The van der Waals surface area contributed by atoms with Crippen molar-refractivity contribution in [1.29, 1.82) is 0 Å². The van der Waals surface area contributed by atoms with Crippen molar-refractivity contribution >= 4 is 11.9 Å². The first-order chi connectivity index (χ1) is 8.58. The lowest BCUT2D eigenvalue weighted by Gasteiger charge is -2.12. The number of carboxylic acid groups (broad SMARTS) is 1. The predicted molar refractivity (Wildman–Crippen MR) is 69.1 cm³/mol. The van der Waals surface area contributed by atoms with Crippen LogP contribution in [0.3, 0.4) is 0 Å². The molecule has 4 heteroatoms. The van der Waals surface area contributed by atoms with Gasteiger partial charge in [0.1, 0.15) is 0 Å². The second kappa shape index (κ2) is 7.27. The zero-order valence-corrected chi connectivity index (χ0v) is 10.3. The summed E-state index contributed by atoms with van der Waals surface area (Å²) in [5.74, 6) is -1.50. The number of hydrogen-bond acceptors (Lipinski definition) is 2. The van der Waals surface area contributed by atoms with E-state index >= 15 is 0 Å². The van der Waals surface area contributed by atoms with Crippen LogP contribution >= 0.6 is 0 Å². The van der Waals surface area contributed by atoms with Crippen LogP contribution in [0.2, 0.25) is 0 Å². The Morgan fingerprint density at radius 3 is 2.56 bits per heavy atom. The molecule has 0 aliphatic heterocycles. The molecule has 0 aromatic heterocycles. The van der Waals surface area contributed by atoms with Crippen LogP contribution in [0, 0.1) is 0 Å². The van der Waals surface area contributed by atoms with Crippen LogP contribution in [-0.4, -0.2) is 23.0 Å². The molecule has 0 fully saturated rings. The smallest absolute Gasteiger partial charge is 0.328 e. The zero-order chi connectivity index (χ0) is 13.4. The van der Waals surface area contributed by atoms with E-state index in [1.165, 1.54) is 5.56 Å². The lowest BCUT2D eigenvalue weighted by molar-refractivity contribution is -0.131. The standard InChI is InChI=1S/C14H17NO3/c1-11(15-13(16)9-10-14(17)18)7-8-12-5-3-2-4-6-12/h2-6,9-11H,7-8H2,1H3,(H,15,16)(H,17,18)/b10-9-. The molecule has 0 aliphatic rings. The molecule has 1 amide bonds. The van der Waals surface area contributed by atoms with E-state index in [2.05, 4.69) is 5.32 Å². The maximum atomic E-state index is 11.3. The minimum atomic E-state index is -1.12. The highest BCUT2D eigenvalue weighted by molar-refractivity contribution is 5.93. The first-order valence-electron chi connectivity index (χ1n) is 5.83. The Labute approximate surface area is 106 Å². The molecule has 18 heavy (non-hydrogen) atoms. The van der Waals surface area contributed by atoms with E-state index in [-0.39, 0.29) is 11.9 Å². The highest BCUT2D eigenvalue weighted by Crippen LogP contribution is 2.04. The third-order valence-electron chi connectivity index (χ3n) is 2.47. The molecule has 2 N–H and O–H groups in total. The summed E-state index contributed by atoms with van der Waals surface area (Å²) >= 11 is 0. The Balaban J connectivity index is 2.31. The Hall–Kier alpha value is -2.10. The molecule has 1 atom stereocenters. The van der Waals surface area contributed by atoms with E-state index in [1.54, 1.807) is 0 Å². The van der Waals surface area contributed by atoms with E-state index in [4.69, 9.17) is 5.11 Å². The Morgan fingerprint density at radius 2 is 1.94 bits per heavy atom. The molecule has 4 nitrogen and oxygen atoms in total. The van der Waals surface area contributed by atoms with Gasteiger partial charge in [0.05, 0.1) is 0 Å². The van der Waals surface area contributed by atoms with Gasteiger partial charge in [0, 0.05) is 18.2 Å². The molecular formula is C14H17NO3. The second-order valence-electron chi connectivity index (χ2n) is 4.11. The monoisotopic (exact) mass is 247 g/mol. The van der Waals surface area contributed by atoms with Gasteiger partial charge < -0.3 is 10.4 Å². The highest BCUT2D eigenvalue weighted by atomic mass is 16.4. The first kappa shape index (κ1) is 14.0. The topological polar surface area (TPSA) is 66.4 Å². The van der Waals surface area contributed by atoms with Gasteiger partial charge in [0.2, 0.25) is 5.91 Å². The SMILES string of the molecule is CC(CCc1ccccc1)NC(=O)/C=C\C(=O)O. The van der Waals surface area contributed by atoms with Crippen LogP contribution < -0.4 is 5.32 Å². The molecule has 96 valence electrons. The fourth-order valence-corrected chi connectivity index (χ4v) is 1.54. The van der Waals surface area contributed by atoms with Gasteiger partial charge in [-0.3, -0.25) is 4.79 Å². The molecule has 0 spiro atoms. The van der Waals surface area contributed by atoms with Crippen molar-refractivity contribution in [3.8, 4) is 0 Å². The molecule has 1 aromatic rings. The molecule has 0 aliphatic carbocycles. The summed E-state index contributed by atoms with van der Waals surface area (Å²) in [7, 11) is 0. The van der Waals surface area contributed by atoms with E-state index < -0.39 is 5.97 Å². The summed E-state index contributed by atoms with van der Waals surface area (Å²) in [6.07, 6.45) is 3.56. The van der Waals surface area contributed by atoms with Crippen LogP contribution in [-0.2, 0) is 16.0 Å². The van der Waals surface area contributed by atoms with Gasteiger partial charge in [-0.25, -0.2) is 4.79 Å². The van der Waals surface area contributed by atoms with Gasteiger partial charge >= 0.3 is 5.97 Å². The van der Waals surface area contributed by atoms with Crippen LogP contribution in [0.4, 0.5) is 0 Å². The molecule has 0 saturated carbocycles. The largest absolute Gasteiger partial charge is 0.478 e.